The minimum absolute atomic E-state index is 0. The SMILES string of the molecule is CC1=CC2=C(CCCC2)C1C.CO.CO.CO.[Ti]. The predicted octanol–water partition coefficient (Wildman–Crippen LogP) is 2.28. The van der Waals surface area contributed by atoms with Gasteiger partial charge in [-0.05, 0) is 44.1 Å². The fraction of sp³-hybridized carbons (Fsp3) is 0.714. The smallest absolute Gasteiger partial charge is 0.0319 e. The zero-order valence-corrected chi connectivity index (χ0v) is 13.9. The first-order chi connectivity index (χ1) is 8.29. The van der Waals surface area contributed by atoms with Crippen LogP contribution in [-0.2, 0) is 21.7 Å². The standard InChI is InChI=1S/C11H16.3CH4O.Ti/c1-8-7-10-5-3-4-6-11(10)9(8)2;3*1-2;/h7,9H,3-6H2,1-2H3;3*2H,1H3;. The Kier molecular flexibility index (Phi) is 19.5. The van der Waals surface area contributed by atoms with E-state index in [-0.39, 0.29) is 21.7 Å². The number of rotatable bonds is 0. The summed E-state index contributed by atoms with van der Waals surface area (Å²) in [5.41, 5.74) is 4.99. The van der Waals surface area contributed by atoms with E-state index in [1.54, 1.807) is 16.7 Å². The van der Waals surface area contributed by atoms with Crippen molar-refractivity contribution in [2.75, 3.05) is 21.3 Å². The molecule has 2 aliphatic rings. The molecule has 0 amide bonds. The number of hydrogen-bond donors (Lipinski definition) is 3. The third-order valence-corrected chi connectivity index (χ3v) is 3.16. The van der Waals surface area contributed by atoms with Crippen LogP contribution >= 0.6 is 0 Å². The van der Waals surface area contributed by atoms with Crippen molar-refractivity contribution in [1.29, 1.82) is 0 Å². The third-order valence-electron chi connectivity index (χ3n) is 3.16. The molecule has 2 aliphatic carbocycles. The summed E-state index contributed by atoms with van der Waals surface area (Å²) in [6.07, 6.45) is 7.96. The van der Waals surface area contributed by atoms with Crippen molar-refractivity contribution in [2.24, 2.45) is 5.92 Å². The Morgan fingerprint density at radius 2 is 1.39 bits per heavy atom. The summed E-state index contributed by atoms with van der Waals surface area (Å²) >= 11 is 0. The Balaban J connectivity index is -0.000000285. The predicted molar refractivity (Wildman–Crippen MR) is 72.8 cm³/mol. The molecule has 0 bridgehead atoms. The van der Waals surface area contributed by atoms with E-state index in [0.717, 1.165) is 27.2 Å². The molecular weight excluding hydrogens is 264 g/mol. The molecule has 0 radical (unpaired) electrons. The van der Waals surface area contributed by atoms with E-state index in [9.17, 15) is 0 Å². The van der Waals surface area contributed by atoms with Crippen LogP contribution in [0, 0.1) is 5.92 Å². The first-order valence-electron chi connectivity index (χ1n) is 6.03. The fourth-order valence-electron chi connectivity index (χ4n) is 2.29. The van der Waals surface area contributed by atoms with E-state index in [1.165, 1.54) is 25.7 Å². The third kappa shape index (κ3) is 6.86. The Bertz CT molecular complexity index is 247. The molecule has 3 nitrogen and oxygen atoms in total. The van der Waals surface area contributed by atoms with Crippen LogP contribution in [0.1, 0.15) is 39.5 Å². The van der Waals surface area contributed by atoms with Crippen LogP contribution in [-0.4, -0.2) is 36.6 Å². The van der Waals surface area contributed by atoms with Gasteiger partial charge in [-0.15, -0.1) is 0 Å². The van der Waals surface area contributed by atoms with Gasteiger partial charge in [-0.1, -0.05) is 24.1 Å². The molecule has 0 aromatic rings. The molecule has 0 spiro atoms. The van der Waals surface area contributed by atoms with E-state index in [4.69, 9.17) is 15.3 Å². The first kappa shape index (κ1) is 23.2. The van der Waals surface area contributed by atoms with Crippen LogP contribution in [0.4, 0.5) is 0 Å². The topological polar surface area (TPSA) is 60.7 Å². The minimum Gasteiger partial charge on any atom is -0.400 e. The second-order valence-electron chi connectivity index (χ2n) is 3.87. The molecule has 1 atom stereocenters. The monoisotopic (exact) mass is 292 g/mol. The molecule has 0 fully saturated rings. The van der Waals surface area contributed by atoms with Crippen LogP contribution in [0.3, 0.4) is 0 Å². The van der Waals surface area contributed by atoms with Gasteiger partial charge in [0.05, 0.1) is 0 Å². The van der Waals surface area contributed by atoms with E-state index in [2.05, 4.69) is 19.9 Å². The van der Waals surface area contributed by atoms with Gasteiger partial charge in [-0.3, -0.25) is 0 Å². The molecule has 106 valence electrons. The summed E-state index contributed by atoms with van der Waals surface area (Å²) in [6, 6.07) is 0. The van der Waals surface area contributed by atoms with Gasteiger partial charge >= 0.3 is 0 Å². The van der Waals surface area contributed by atoms with E-state index in [1.807, 2.05) is 0 Å². The van der Waals surface area contributed by atoms with Gasteiger partial charge in [0.15, 0.2) is 0 Å². The summed E-state index contributed by atoms with van der Waals surface area (Å²) in [6.45, 7) is 4.61. The van der Waals surface area contributed by atoms with Gasteiger partial charge in [0, 0.05) is 43.0 Å². The molecule has 1 unspecified atom stereocenters. The van der Waals surface area contributed by atoms with Crippen LogP contribution < -0.4 is 0 Å². The number of allylic oxidation sites excluding steroid dienone is 4. The molecule has 4 heteroatoms. The van der Waals surface area contributed by atoms with E-state index in [0.29, 0.717) is 0 Å². The second-order valence-corrected chi connectivity index (χ2v) is 3.87. The summed E-state index contributed by atoms with van der Waals surface area (Å²) in [5, 5.41) is 21.0. The molecule has 0 aromatic carbocycles. The van der Waals surface area contributed by atoms with Crippen molar-refractivity contribution in [1.82, 2.24) is 0 Å². The summed E-state index contributed by atoms with van der Waals surface area (Å²) in [4.78, 5) is 0. The fourth-order valence-corrected chi connectivity index (χ4v) is 2.29. The maximum atomic E-state index is 7.00. The zero-order valence-electron chi connectivity index (χ0n) is 12.3. The molecule has 0 aliphatic heterocycles. The van der Waals surface area contributed by atoms with E-state index >= 15 is 0 Å². The number of aliphatic hydroxyl groups excluding tert-OH is 3. The van der Waals surface area contributed by atoms with Gasteiger partial charge < -0.3 is 15.3 Å². The van der Waals surface area contributed by atoms with Crippen molar-refractivity contribution in [3.05, 3.63) is 22.8 Å². The van der Waals surface area contributed by atoms with Crippen molar-refractivity contribution in [3.63, 3.8) is 0 Å². The average Bonchev–Trinajstić information content (AvgIpc) is 2.73. The van der Waals surface area contributed by atoms with Gasteiger partial charge in [0.25, 0.3) is 0 Å². The Morgan fingerprint density at radius 3 is 1.83 bits per heavy atom. The summed E-state index contributed by atoms with van der Waals surface area (Å²) < 4.78 is 0. The first-order valence-corrected chi connectivity index (χ1v) is 6.03. The summed E-state index contributed by atoms with van der Waals surface area (Å²) in [5.74, 6) is 0.769. The van der Waals surface area contributed by atoms with Crippen molar-refractivity contribution in [3.8, 4) is 0 Å². The Morgan fingerprint density at radius 1 is 0.944 bits per heavy atom. The molecule has 2 rings (SSSR count). The Labute approximate surface area is 126 Å². The van der Waals surface area contributed by atoms with Crippen LogP contribution in [0.2, 0.25) is 0 Å². The normalized spacial score (nSPS) is 19.6. The molecule has 0 aromatic heterocycles. The molecule has 3 N–H and O–H groups in total. The van der Waals surface area contributed by atoms with Crippen LogP contribution in [0.25, 0.3) is 0 Å². The van der Waals surface area contributed by atoms with Gasteiger partial charge in [-0.2, -0.15) is 0 Å². The van der Waals surface area contributed by atoms with E-state index < -0.39 is 0 Å². The van der Waals surface area contributed by atoms with Gasteiger partial charge in [0.1, 0.15) is 0 Å². The molecule has 0 saturated heterocycles. The second kappa shape index (κ2) is 15.1. The average molecular weight is 292 g/mol. The largest absolute Gasteiger partial charge is 0.400 e. The van der Waals surface area contributed by atoms with Crippen LogP contribution in [0.5, 0.6) is 0 Å². The quantitative estimate of drug-likeness (QED) is 0.600. The molecule has 0 heterocycles. The minimum atomic E-state index is 0. The van der Waals surface area contributed by atoms with Gasteiger partial charge in [0.2, 0.25) is 0 Å². The number of hydrogen-bond acceptors (Lipinski definition) is 3. The maximum Gasteiger partial charge on any atom is 0.0319 e. The van der Waals surface area contributed by atoms with Gasteiger partial charge in [-0.25, -0.2) is 0 Å². The number of aliphatic hydroxyl groups is 3. The van der Waals surface area contributed by atoms with Crippen molar-refractivity contribution < 1.29 is 37.0 Å². The van der Waals surface area contributed by atoms with Crippen LogP contribution in [0.15, 0.2) is 22.8 Å². The summed E-state index contributed by atoms with van der Waals surface area (Å²) in [7, 11) is 3.00. The van der Waals surface area contributed by atoms with Crippen molar-refractivity contribution in [2.45, 2.75) is 39.5 Å². The Hall–Kier alpha value is 0.0743. The molecule has 18 heavy (non-hydrogen) atoms. The maximum absolute atomic E-state index is 7.00. The van der Waals surface area contributed by atoms with Crippen molar-refractivity contribution >= 4 is 0 Å². The molecule has 0 saturated carbocycles. The zero-order chi connectivity index (χ0) is 13.8. The molecular formula is C14H28O3Ti.